The molecule has 0 fully saturated rings. The van der Waals surface area contributed by atoms with E-state index in [4.69, 9.17) is 11.0 Å². The summed E-state index contributed by atoms with van der Waals surface area (Å²) in [6.07, 6.45) is 0. The summed E-state index contributed by atoms with van der Waals surface area (Å²) in [5.41, 5.74) is 7.95. The zero-order valence-corrected chi connectivity index (χ0v) is 9.83. The third kappa shape index (κ3) is 3.44. The SMILES string of the molecule is CCN(C)CCNc1cc(C#N)ccc1N. The van der Waals surface area contributed by atoms with Gasteiger partial charge in [-0.25, -0.2) is 0 Å². The van der Waals surface area contributed by atoms with Crippen LogP contribution in [-0.2, 0) is 0 Å². The Hall–Kier alpha value is -1.73. The van der Waals surface area contributed by atoms with E-state index in [9.17, 15) is 0 Å². The number of nitrogens with two attached hydrogens (primary N) is 1. The predicted octanol–water partition coefficient (Wildman–Crippen LogP) is 1.50. The van der Waals surface area contributed by atoms with E-state index < -0.39 is 0 Å². The number of likely N-dealkylation sites (N-methyl/N-ethyl adjacent to an activating group) is 1. The minimum Gasteiger partial charge on any atom is -0.397 e. The van der Waals surface area contributed by atoms with Gasteiger partial charge < -0.3 is 16.0 Å². The highest BCUT2D eigenvalue weighted by Gasteiger charge is 2.00. The lowest BCUT2D eigenvalue weighted by Crippen LogP contribution is -2.24. The summed E-state index contributed by atoms with van der Waals surface area (Å²) in [4.78, 5) is 2.21. The highest BCUT2D eigenvalue weighted by atomic mass is 15.1. The number of benzene rings is 1. The fraction of sp³-hybridized carbons (Fsp3) is 0.417. The molecule has 0 spiro atoms. The van der Waals surface area contributed by atoms with Crippen LogP contribution in [0.25, 0.3) is 0 Å². The number of nitrogen functional groups attached to an aromatic ring is 1. The topological polar surface area (TPSA) is 65.1 Å². The number of nitrogens with one attached hydrogen (secondary N) is 1. The van der Waals surface area contributed by atoms with Gasteiger partial charge in [-0.05, 0) is 31.8 Å². The maximum Gasteiger partial charge on any atom is 0.0992 e. The lowest BCUT2D eigenvalue weighted by atomic mass is 10.2. The summed E-state index contributed by atoms with van der Waals surface area (Å²) >= 11 is 0. The van der Waals surface area contributed by atoms with E-state index in [0.717, 1.165) is 25.3 Å². The van der Waals surface area contributed by atoms with E-state index in [0.29, 0.717) is 11.3 Å². The first-order chi connectivity index (χ1) is 7.67. The van der Waals surface area contributed by atoms with Crippen molar-refractivity contribution in [3.63, 3.8) is 0 Å². The van der Waals surface area contributed by atoms with E-state index in [1.54, 1.807) is 18.2 Å². The Bertz CT molecular complexity index is 381. The smallest absolute Gasteiger partial charge is 0.0992 e. The summed E-state index contributed by atoms with van der Waals surface area (Å²) in [7, 11) is 2.07. The zero-order valence-electron chi connectivity index (χ0n) is 9.83. The first-order valence-electron chi connectivity index (χ1n) is 5.39. The van der Waals surface area contributed by atoms with Gasteiger partial charge in [0.2, 0.25) is 0 Å². The molecule has 0 radical (unpaired) electrons. The Morgan fingerprint density at radius 3 is 2.88 bits per heavy atom. The Morgan fingerprint density at radius 2 is 2.25 bits per heavy atom. The molecule has 0 bridgehead atoms. The number of anilines is 2. The molecule has 0 atom stereocenters. The number of nitrogens with zero attached hydrogens (tertiary/aromatic N) is 2. The Labute approximate surface area is 96.7 Å². The minimum atomic E-state index is 0.626. The van der Waals surface area contributed by atoms with Crippen LogP contribution < -0.4 is 11.1 Å². The highest BCUT2D eigenvalue weighted by molar-refractivity contribution is 5.68. The maximum atomic E-state index is 8.78. The summed E-state index contributed by atoms with van der Waals surface area (Å²) in [5.74, 6) is 0. The molecule has 0 aliphatic heterocycles. The van der Waals surface area contributed by atoms with Crippen molar-refractivity contribution in [3.05, 3.63) is 23.8 Å². The van der Waals surface area contributed by atoms with Gasteiger partial charge in [0.05, 0.1) is 23.0 Å². The van der Waals surface area contributed by atoms with Gasteiger partial charge in [-0.3, -0.25) is 0 Å². The molecule has 0 saturated heterocycles. The van der Waals surface area contributed by atoms with E-state index in [-0.39, 0.29) is 0 Å². The molecular formula is C12H18N4. The van der Waals surface area contributed by atoms with Crippen LogP contribution in [0.4, 0.5) is 11.4 Å². The first-order valence-corrected chi connectivity index (χ1v) is 5.39. The highest BCUT2D eigenvalue weighted by Crippen LogP contribution is 2.19. The lowest BCUT2D eigenvalue weighted by Gasteiger charge is -2.15. The molecule has 4 heteroatoms. The molecule has 3 N–H and O–H groups in total. The van der Waals surface area contributed by atoms with Crippen molar-refractivity contribution in [1.29, 1.82) is 5.26 Å². The van der Waals surface area contributed by atoms with Gasteiger partial charge in [-0.1, -0.05) is 6.92 Å². The molecule has 1 aromatic carbocycles. The van der Waals surface area contributed by atoms with Crippen molar-refractivity contribution in [2.45, 2.75) is 6.92 Å². The van der Waals surface area contributed by atoms with E-state index in [1.807, 2.05) is 0 Å². The molecule has 0 heterocycles. The van der Waals surface area contributed by atoms with Crippen molar-refractivity contribution in [2.24, 2.45) is 0 Å². The average Bonchev–Trinajstić information content (AvgIpc) is 2.31. The molecular weight excluding hydrogens is 200 g/mol. The minimum absolute atomic E-state index is 0.626. The molecule has 86 valence electrons. The van der Waals surface area contributed by atoms with Crippen molar-refractivity contribution >= 4 is 11.4 Å². The quantitative estimate of drug-likeness (QED) is 0.735. The summed E-state index contributed by atoms with van der Waals surface area (Å²) in [6.45, 7) is 4.91. The fourth-order valence-corrected chi connectivity index (χ4v) is 1.32. The van der Waals surface area contributed by atoms with Crippen molar-refractivity contribution < 1.29 is 0 Å². The van der Waals surface area contributed by atoms with Crippen LogP contribution in [0.1, 0.15) is 12.5 Å². The largest absolute Gasteiger partial charge is 0.397 e. The molecule has 0 aromatic heterocycles. The standard InChI is InChI=1S/C12H18N4/c1-3-16(2)7-6-15-12-8-10(9-13)4-5-11(12)14/h4-5,8,15H,3,6-7,14H2,1-2H3. The average molecular weight is 218 g/mol. The second-order valence-corrected chi connectivity index (χ2v) is 3.74. The van der Waals surface area contributed by atoms with Crippen molar-refractivity contribution in [2.75, 3.05) is 37.7 Å². The van der Waals surface area contributed by atoms with Gasteiger partial charge in [0.15, 0.2) is 0 Å². The van der Waals surface area contributed by atoms with Crippen molar-refractivity contribution in [1.82, 2.24) is 4.90 Å². The van der Waals surface area contributed by atoms with Gasteiger partial charge in [0.1, 0.15) is 0 Å². The van der Waals surface area contributed by atoms with Crippen LogP contribution in [0.2, 0.25) is 0 Å². The molecule has 0 saturated carbocycles. The third-order valence-electron chi connectivity index (χ3n) is 2.53. The molecule has 1 aromatic rings. The lowest BCUT2D eigenvalue weighted by molar-refractivity contribution is 0.367. The fourth-order valence-electron chi connectivity index (χ4n) is 1.32. The molecule has 4 nitrogen and oxygen atoms in total. The molecule has 0 amide bonds. The number of nitriles is 1. The Kier molecular flexibility index (Phi) is 4.62. The first kappa shape index (κ1) is 12.3. The van der Waals surface area contributed by atoms with Gasteiger partial charge in [-0.15, -0.1) is 0 Å². The Balaban J connectivity index is 2.56. The third-order valence-corrected chi connectivity index (χ3v) is 2.53. The summed E-state index contributed by atoms with van der Waals surface area (Å²) in [6, 6.07) is 7.35. The van der Waals surface area contributed by atoms with Crippen LogP contribution in [0.15, 0.2) is 18.2 Å². The summed E-state index contributed by atoms with van der Waals surface area (Å²) < 4.78 is 0. The van der Waals surface area contributed by atoms with Gasteiger partial charge in [0.25, 0.3) is 0 Å². The molecule has 0 unspecified atom stereocenters. The maximum absolute atomic E-state index is 8.78. The molecule has 1 rings (SSSR count). The normalized spacial score (nSPS) is 10.1. The van der Waals surface area contributed by atoms with Crippen molar-refractivity contribution in [3.8, 4) is 6.07 Å². The number of rotatable bonds is 5. The molecule has 16 heavy (non-hydrogen) atoms. The number of hydrogen-bond donors (Lipinski definition) is 2. The van der Waals surface area contributed by atoms with Gasteiger partial charge in [-0.2, -0.15) is 5.26 Å². The van der Waals surface area contributed by atoms with Crippen LogP contribution in [0.3, 0.4) is 0 Å². The van der Waals surface area contributed by atoms with Crippen LogP contribution in [0.5, 0.6) is 0 Å². The van der Waals surface area contributed by atoms with Crippen LogP contribution in [-0.4, -0.2) is 31.6 Å². The van der Waals surface area contributed by atoms with E-state index >= 15 is 0 Å². The van der Waals surface area contributed by atoms with Crippen LogP contribution in [0, 0.1) is 11.3 Å². The van der Waals surface area contributed by atoms with Crippen LogP contribution >= 0.6 is 0 Å². The summed E-state index contributed by atoms with van der Waals surface area (Å²) in [5, 5.41) is 12.0. The zero-order chi connectivity index (χ0) is 12.0. The van der Waals surface area contributed by atoms with E-state index in [1.165, 1.54) is 0 Å². The van der Waals surface area contributed by atoms with Gasteiger partial charge >= 0.3 is 0 Å². The number of hydrogen-bond acceptors (Lipinski definition) is 4. The molecule has 0 aliphatic carbocycles. The monoisotopic (exact) mass is 218 g/mol. The second-order valence-electron chi connectivity index (χ2n) is 3.74. The Morgan fingerprint density at radius 1 is 1.50 bits per heavy atom. The predicted molar refractivity (Wildman–Crippen MR) is 67.2 cm³/mol. The molecule has 0 aliphatic rings. The van der Waals surface area contributed by atoms with E-state index in [2.05, 4.69) is 30.3 Å². The van der Waals surface area contributed by atoms with Gasteiger partial charge in [0, 0.05) is 13.1 Å². The second kappa shape index (κ2) is 5.99.